The zero-order valence-corrected chi connectivity index (χ0v) is 21.7. The smallest absolute Gasteiger partial charge is 0.357 e. The molecule has 3 aromatic rings. The van der Waals surface area contributed by atoms with Crippen LogP contribution in [0.3, 0.4) is 0 Å². The zero-order chi connectivity index (χ0) is 28.2. The van der Waals surface area contributed by atoms with Crippen molar-refractivity contribution in [3.05, 3.63) is 100 Å². The molecular weight excluding hydrogens is 532 g/mol. The maximum Gasteiger partial charge on any atom is 0.357 e. The molecule has 5 rings (SSSR count). The van der Waals surface area contributed by atoms with Gasteiger partial charge in [-0.05, 0) is 84.4 Å². The number of nitrogens with two attached hydrogens (primary N) is 1. The van der Waals surface area contributed by atoms with E-state index >= 15 is 0 Å². The molecule has 7 N–H and O–H groups in total. The summed E-state index contributed by atoms with van der Waals surface area (Å²) in [5, 5.41) is 23.4. The minimum atomic E-state index is -0.764. The van der Waals surface area contributed by atoms with E-state index < -0.39 is 5.97 Å². The number of benzene rings is 4. The van der Waals surface area contributed by atoms with Crippen LogP contribution in [-0.2, 0) is 11.3 Å². The molecule has 40 heavy (non-hydrogen) atoms. The van der Waals surface area contributed by atoms with Crippen molar-refractivity contribution in [3.63, 3.8) is 0 Å². The molecule has 0 saturated carbocycles. The molecule has 1 aliphatic carbocycles. The van der Waals surface area contributed by atoms with Crippen molar-refractivity contribution in [2.24, 2.45) is 5.90 Å². The van der Waals surface area contributed by atoms with E-state index in [0.29, 0.717) is 46.3 Å². The fraction of sp³-hybridized carbons (Fsp3) is 0.0690. The molecule has 0 spiro atoms. The van der Waals surface area contributed by atoms with Gasteiger partial charge in [-0.15, -0.1) is 0 Å². The predicted octanol–water partition coefficient (Wildman–Crippen LogP) is 4.04. The van der Waals surface area contributed by atoms with Crippen molar-refractivity contribution in [2.75, 3.05) is 11.9 Å². The van der Waals surface area contributed by atoms with Crippen molar-refractivity contribution in [1.29, 1.82) is 0 Å². The van der Waals surface area contributed by atoms with Crippen LogP contribution >= 0.6 is 12.2 Å². The molecule has 0 saturated heterocycles. The molecule has 202 valence electrons. The number of anilines is 1. The second kappa shape index (κ2) is 11.4. The molecule has 0 atom stereocenters. The summed E-state index contributed by atoms with van der Waals surface area (Å²) in [6.45, 7) is 0.569. The van der Waals surface area contributed by atoms with E-state index in [2.05, 4.69) is 21.0 Å². The van der Waals surface area contributed by atoms with Crippen LogP contribution in [0, 0.1) is 0 Å². The van der Waals surface area contributed by atoms with Gasteiger partial charge in [-0.2, -0.15) is 5.90 Å². The van der Waals surface area contributed by atoms with E-state index in [4.69, 9.17) is 22.5 Å². The van der Waals surface area contributed by atoms with Crippen molar-refractivity contribution < 1.29 is 24.3 Å². The quantitative estimate of drug-likeness (QED) is 0.0743. The summed E-state index contributed by atoms with van der Waals surface area (Å²) >= 11 is 5.43. The Balaban J connectivity index is 1.47. The Bertz CT molecular complexity index is 1750. The third kappa shape index (κ3) is 5.71. The second-order valence-corrected chi connectivity index (χ2v) is 9.31. The Hall–Kier alpha value is -4.97. The SMILES string of the molecule is NOC(=O)c1ccc(NC(=S)NNCCc2ccc(O)cc2)cc1-c1c2ccc(=O)cc-2oc2cc(O)ccc12. The highest BCUT2D eigenvalue weighted by Crippen LogP contribution is 2.42. The highest BCUT2D eigenvalue weighted by Gasteiger charge is 2.23. The maximum atomic E-state index is 12.7. The van der Waals surface area contributed by atoms with Crippen LogP contribution in [0.1, 0.15) is 15.9 Å². The molecule has 2 aliphatic rings. The average molecular weight is 557 g/mol. The summed E-state index contributed by atoms with van der Waals surface area (Å²) in [4.78, 5) is 29.3. The standard InChI is InChI=1S/C29H24N4O6S/c30-39-28(37)21-8-3-17(32-29(40)33-31-12-11-16-1-4-18(34)5-2-16)13-24(21)27-22-9-6-19(35)14-25(22)38-26-15-20(36)7-10-23(26)27/h1-10,13-15,31,34-35H,11-12,30H2,(H2,32,33,40). The molecule has 3 aromatic carbocycles. The van der Waals surface area contributed by atoms with Crippen LogP contribution < -0.4 is 27.5 Å². The number of rotatable bonds is 7. The van der Waals surface area contributed by atoms with E-state index in [0.717, 1.165) is 5.56 Å². The summed E-state index contributed by atoms with van der Waals surface area (Å²) in [6, 6.07) is 20.8. The lowest BCUT2D eigenvalue weighted by molar-refractivity contribution is 0.0504. The van der Waals surface area contributed by atoms with Gasteiger partial charge in [-0.3, -0.25) is 10.2 Å². The first kappa shape index (κ1) is 26.6. The highest BCUT2D eigenvalue weighted by molar-refractivity contribution is 7.80. The molecule has 1 aliphatic heterocycles. The van der Waals surface area contributed by atoms with Gasteiger partial charge < -0.3 is 24.8 Å². The first-order chi connectivity index (χ1) is 19.3. The van der Waals surface area contributed by atoms with Crippen molar-refractivity contribution >= 4 is 40.0 Å². The van der Waals surface area contributed by atoms with Crippen molar-refractivity contribution in [1.82, 2.24) is 10.9 Å². The van der Waals surface area contributed by atoms with E-state index in [1.165, 1.54) is 24.3 Å². The number of carbonyl (C=O) groups is 1. The molecule has 0 aromatic heterocycles. The van der Waals surface area contributed by atoms with Crippen LogP contribution in [0.5, 0.6) is 11.5 Å². The molecule has 0 radical (unpaired) electrons. The van der Waals surface area contributed by atoms with Gasteiger partial charge in [0.15, 0.2) is 10.5 Å². The third-order valence-electron chi connectivity index (χ3n) is 6.23. The summed E-state index contributed by atoms with van der Waals surface area (Å²) in [5.41, 5.74) is 9.38. The van der Waals surface area contributed by atoms with Gasteiger partial charge in [0.25, 0.3) is 0 Å². The van der Waals surface area contributed by atoms with Gasteiger partial charge in [-0.25, -0.2) is 10.2 Å². The molecule has 1 heterocycles. The Morgan fingerprint density at radius 3 is 2.48 bits per heavy atom. The van der Waals surface area contributed by atoms with Gasteiger partial charge in [0, 0.05) is 40.9 Å². The van der Waals surface area contributed by atoms with Gasteiger partial charge >= 0.3 is 5.97 Å². The first-order valence-corrected chi connectivity index (χ1v) is 12.6. The largest absolute Gasteiger partial charge is 0.508 e. The average Bonchev–Trinajstić information content (AvgIpc) is 2.94. The number of thiocarbonyl (C=S) groups is 1. The van der Waals surface area contributed by atoms with Gasteiger partial charge in [0.2, 0.25) is 0 Å². The zero-order valence-electron chi connectivity index (χ0n) is 20.9. The molecule has 10 nitrogen and oxygen atoms in total. The van der Waals surface area contributed by atoms with Crippen LogP contribution in [0.15, 0.2) is 88.1 Å². The Kier molecular flexibility index (Phi) is 7.60. The molecule has 0 unspecified atom stereocenters. The Labute approximate surface area is 233 Å². The Morgan fingerprint density at radius 2 is 1.70 bits per heavy atom. The number of hydrogen-bond donors (Lipinski definition) is 6. The van der Waals surface area contributed by atoms with E-state index in [9.17, 15) is 19.8 Å². The molecular formula is C29H24N4O6S. The maximum absolute atomic E-state index is 12.7. The second-order valence-electron chi connectivity index (χ2n) is 8.90. The van der Waals surface area contributed by atoms with Gasteiger partial charge in [0.1, 0.15) is 22.8 Å². The van der Waals surface area contributed by atoms with E-state index in [1.807, 2.05) is 12.1 Å². The summed E-state index contributed by atoms with van der Waals surface area (Å²) in [6.07, 6.45) is 0.704. The minimum absolute atomic E-state index is 0.0221. The van der Waals surface area contributed by atoms with Crippen LogP contribution in [0.25, 0.3) is 33.4 Å². The van der Waals surface area contributed by atoms with Crippen LogP contribution in [0.2, 0.25) is 0 Å². The lowest BCUT2D eigenvalue weighted by atomic mass is 9.90. The fourth-order valence-corrected chi connectivity index (χ4v) is 4.58. The summed E-state index contributed by atoms with van der Waals surface area (Å²) in [7, 11) is 0. The number of hydrazine groups is 1. The van der Waals surface area contributed by atoms with E-state index in [-0.39, 0.29) is 33.4 Å². The van der Waals surface area contributed by atoms with Crippen molar-refractivity contribution in [3.8, 4) is 33.9 Å². The minimum Gasteiger partial charge on any atom is -0.508 e. The number of aromatic hydroxyl groups is 2. The monoisotopic (exact) mass is 556 g/mol. The lowest BCUT2D eigenvalue weighted by Crippen LogP contribution is -2.41. The van der Waals surface area contributed by atoms with Gasteiger partial charge in [-0.1, -0.05) is 12.1 Å². The molecule has 0 bridgehead atoms. The van der Waals surface area contributed by atoms with E-state index in [1.54, 1.807) is 42.5 Å². The lowest BCUT2D eigenvalue weighted by Gasteiger charge is -2.18. The predicted molar refractivity (Wildman–Crippen MR) is 155 cm³/mol. The molecule has 0 amide bonds. The Morgan fingerprint density at radius 1 is 0.925 bits per heavy atom. The molecule has 0 fully saturated rings. The van der Waals surface area contributed by atoms with Gasteiger partial charge in [0.05, 0.1) is 5.56 Å². The first-order valence-electron chi connectivity index (χ1n) is 12.2. The van der Waals surface area contributed by atoms with Crippen LogP contribution in [-0.4, -0.2) is 27.8 Å². The molecule has 11 heteroatoms. The summed E-state index contributed by atoms with van der Waals surface area (Å²) < 4.78 is 5.92. The highest BCUT2D eigenvalue weighted by atomic mass is 32.1. The number of fused-ring (bicyclic) bond motifs is 2. The number of hydrogen-bond acceptors (Lipinski definition) is 9. The number of phenols is 2. The number of phenolic OH excluding ortho intramolecular Hbond substituents is 2. The third-order valence-corrected chi connectivity index (χ3v) is 6.43. The normalized spacial score (nSPS) is 10.9. The topological polar surface area (TPSA) is 159 Å². The van der Waals surface area contributed by atoms with Crippen molar-refractivity contribution in [2.45, 2.75) is 6.42 Å². The number of nitrogens with one attached hydrogen (secondary N) is 3. The van der Waals surface area contributed by atoms with Crippen LogP contribution in [0.4, 0.5) is 5.69 Å². The summed E-state index contributed by atoms with van der Waals surface area (Å²) in [5.74, 6) is 4.95. The fourth-order valence-electron chi connectivity index (χ4n) is 4.39. The number of carbonyl (C=O) groups excluding carboxylic acids is 1.